The third kappa shape index (κ3) is 3.86. The number of alkyl halides is 3. The van der Waals surface area contributed by atoms with Crippen molar-refractivity contribution in [3.05, 3.63) is 29.8 Å². The third-order valence-corrected chi connectivity index (χ3v) is 3.62. The van der Waals surface area contributed by atoms with Crippen LogP contribution in [0.1, 0.15) is 25.3 Å². The molecule has 5 heteroatoms. The van der Waals surface area contributed by atoms with Gasteiger partial charge in [-0.05, 0) is 43.7 Å². The van der Waals surface area contributed by atoms with Crippen LogP contribution in [0, 0.1) is 0 Å². The van der Waals surface area contributed by atoms with Gasteiger partial charge in [-0.3, -0.25) is 0 Å². The molecule has 0 atom stereocenters. The van der Waals surface area contributed by atoms with E-state index in [1.54, 1.807) is 0 Å². The minimum atomic E-state index is -4.26. The largest absolute Gasteiger partial charge is 0.416 e. The van der Waals surface area contributed by atoms with E-state index in [-0.39, 0.29) is 0 Å². The van der Waals surface area contributed by atoms with Crippen LogP contribution in [0.15, 0.2) is 24.3 Å². The zero-order valence-electron chi connectivity index (χ0n) is 11.0. The lowest BCUT2D eigenvalue weighted by molar-refractivity contribution is -0.137. The van der Waals surface area contributed by atoms with E-state index in [4.69, 9.17) is 0 Å². The third-order valence-electron chi connectivity index (χ3n) is 3.62. The summed E-state index contributed by atoms with van der Waals surface area (Å²) in [6.07, 6.45) is -2.19. The molecule has 2 nitrogen and oxygen atoms in total. The fourth-order valence-electron chi connectivity index (χ4n) is 2.38. The van der Waals surface area contributed by atoms with Crippen molar-refractivity contribution < 1.29 is 13.2 Å². The van der Waals surface area contributed by atoms with E-state index in [0.29, 0.717) is 6.04 Å². The second kappa shape index (κ2) is 5.82. The van der Waals surface area contributed by atoms with Crippen molar-refractivity contribution in [2.24, 2.45) is 0 Å². The van der Waals surface area contributed by atoms with Crippen LogP contribution in [0.3, 0.4) is 0 Å². The number of halogens is 3. The van der Waals surface area contributed by atoms with E-state index >= 15 is 0 Å². The zero-order valence-corrected chi connectivity index (χ0v) is 11.0. The van der Waals surface area contributed by atoms with Crippen LogP contribution in [0.25, 0.3) is 0 Å². The van der Waals surface area contributed by atoms with Gasteiger partial charge in [-0.25, -0.2) is 0 Å². The van der Waals surface area contributed by atoms with Gasteiger partial charge in [0.05, 0.1) is 5.56 Å². The average molecular weight is 272 g/mol. The number of hydrogen-bond donors (Lipinski definition) is 1. The molecule has 1 aliphatic rings. The molecule has 0 amide bonds. The van der Waals surface area contributed by atoms with Crippen LogP contribution in [-0.2, 0) is 6.18 Å². The second-order valence-corrected chi connectivity index (χ2v) is 4.93. The molecule has 1 heterocycles. The molecule has 0 unspecified atom stereocenters. The van der Waals surface area contributed by atoms with Gasteiger partial charge >= 0.3 is 6.18 Å². The van der Waals surface area contributed by atoms with Crippen LogP contribution in [-0.4, -0.2) is 30.6 Å². The lowest BCUT2D eigenvalue weighted by Crippen LogP contribution is -2.38. The van der Waals surface area contributed by atoms with Crippen molar-refractivity contribution >= 4 is 5.69 Å². The smallest absolute Gasteiger partial charge is 0.382 e. The molecule has 0 spiro atoms. The minimum Gasteiger partial charge on any atom is -0.382 e. The Morgan fingerprint density at radius 2 is 1.74 bits per heavy atom. The average Bonchev–Trinajstić information content (AvgIpc) is 2.39. The van der Waals surface area contributed by atoms with E-state index in [1.165, 1.54) is 12.1 Å². The Hall–Kier alpha value is -1.23. The Labute approximate surface area is 111 Å². The summed E-state index contributed by atoms with van der Waals surface area (Å²) in [7, 11) is 0. The van der Waals surface area contributed by atoms with Gasteiger partial charge in [0, 0.05) is 24.8 Å². The minimum absolute atomic E-state index is 0.361. The predicted octanol–water partition coefficient (Wildman–Crippen LogP) is 3.60. The first kappa shape index (κ1) is 14.2. The second-order valence-electron chi connectivity index (χ2n) is 4.93. The molecule has 1 saturated heterocycles. The number of piperidine rings is 1. The Bertz CT molecular complexity index is 392. The number of nitrogens with one attached hydrogen (secondary N) is 1. The van der Waals surface area contributed by atoms with Crippen LogP contribution in [0.5, 0.6) is 0 Å². The highest BCUT2D eigenvalue weighted by Crippen LogP contribution is 2.30. The Morgan fingerprint density at radius 1 is 1.16 bits per heavy atom. The highest BCUT2D eigenvalue weighted by Gasteiger charge is 2.30. The lowest BCUT2D eigenvalue weighted by atomic mass is 10.0. The van der Waals surface area contributed by atoms with Crippen LogP contribution in [0.2, 0.25) is 0 Å². The maximum Gasteiger partial charge on any atom is 0.416 e. The molecule has 1 aromatic rings. The van der Waals surface area contributed by atoms with Gasteiger partial charge in [0.15, 0.2) is 0 Å². The molecule has 1 fully saturated rings. The van der Waals surface area contributed by atoms with E-state index in [2.05, 4.69) is 17.1 Å². The molecule has 2 rings (SSSR count). The standard InChI is InChI=1S/C14H19F3N2/c1-2-19-9-7-13(8-10-19)18-12-5-3-11(4-6-12)14(15,16)17/h3-6,13,18H,2,7-10H2,1H3. The van der Waals surface area contributed by atoms with Gasteiger partial charge < -0.3 is 10.2 Å². The Kier molecular flexibility index (Phi) is 4.34. The molecule has 106 valence electrons. The molecular weight excluding hydrogens is 253 g/mol. The molecule has 0 bridgehead atoms. The van der Waals surface area contributed by atoms with Crippen LogP contribution < -0.4 is 5.32 Å². The Morgan fingerprint density at radius 3 is 2.21 bits per heavy atom. The van der Waals surface area contributed by atoms with Crippen molar-refractivity contribution in [1.29, 1.82) is 0 Å². The van der Waals surface area contributed by atoms with Gasteiger partial charge in [0.25, 0.3) is 0 Å². The van der Waals surface area contributed by atoms with Crippen molar-refractivity contribution in [2.75, 3.05) is 25.0 Å². The topological polar surface area (TPSA) is 15.3 Å². The highest BCUT2D eigenvalue weighted by atomic mass is 19.4. The summed E-state index contributed by atoms with van der Waals surface area (Å²) in [6.45, 7) is 5.31. The maximum atomic E-state index is 12.4. The van der Waals surface area contributed by atoms with Gasteiger partial charge in [0.1, 0.15) is 0 Å². The summed E-state index contributed by atoms with van der Waals surface area (Å²) < 4.78 is 37.3. The van der Waals surface area contributed by atoms with Crippen molar-refractivity contribution in [3.63, 3.8) is 0 Å². The first-order valence-electron chi connectivity index (χ1n) is 6.65. The number of benzene rings is 1. The van der Waals surface area contributed by atoms with Crippen molar-refractivity contribution in [2.45, 2.75) is 32.0 Å². The first-order chi connectivity index (χ1) is 8.99. The van der Waals surface area contributed by atoms with Gasteiger partial charge in [0.2, 0.25) is 0 Å². The normalized spacial score (nSPS) is 18.5. The summed E-state index contributed by atoms with van der Waals surface area (Å²) in [5, 5.41) is 3.31. The molecule has 0 aromatic heterocycles. The number of rotatable bonds is 3. The maximum absolute atomic E-state index is 12.4. The number of nitrogens with zero attached hydrogens (tertiary/aromatic N) is 1. The summed E-state index contributed by atoms with van der Waals surface area (Å²) in [5.41, 5.74) is 0.168. The number of hydrogen-bond acceptors (Lipinski definition) is 2. The number of likely N-dealkylation sites (tertiary alicyclic amines) is 1. The van der Waals surface area contributed by atoms with Gasteiger partial charge in [-0.2, -0.15) is 13.2 Å². The molecule has 1 aromatic carbocycles. The fourth-order valence-corrected chi connectivity index (χ4v) is 2.38. The fraction of sp³-hybridized carbons (Fsp3) is 0.571. The van der Waals surface area contributed by atoms with Gasteiger partial charge in [-0.15, -0.1) is 0 Å². The lowest BCUT2D eigenvalue weighted by Gasteiger charge is -2.32. The molecule has 1 aliphatic heterocycles. The SMILES string of the molecule is CCN1CCC(Nc2ccc(C(F)(F)F)cc2)CC1. The summed E-state index contributed by atoms with van der Waals surface area (Å²) >= 11 is 0. The summed E-state index contributed by atoms with van der Waals surface area (Å²) in [4.78, 5) is 2.38. The summed E-state index contributed by atoms with van der Waals surface area (Å²) in [6, 6.07) is 5.64. The molecule has 0 saturated carbocycles. The van der Waals surface area contributed by atoms with Crippen molar-refractivity contribution in [3.8, 4) is 0 Å². The van der Waals surface area contributed by atoms with Crippen LogP contribution >= 0.6 is 0 Å². The zero-order chi connectivity index (χ0) is 13.9. The molecular formula is C14H19F3N2. The molecule has 1 N–H and O–H groups in total. The van der Waals surface area contributed by atoms with E-state index in [9.17, 15) is 13.2 Å². The first-order valence-corrected chi connectivity index (χ1v) is 6.65. The van der Waals surface area contributed by atoms with E-state index in [0.717, 1.165) is 50.3 Å². The molecule has 19 heavy (non-hydrogen) atoms. The Balaban J connectivity index is 1.90. The van der Waals surface area contributed by atoms with E-state index < -0.39 is 11.7 Å². The van der Waals surface area contributed by atoms with Crippen molar-refractivity contribution in [1.82, 2.24) is 4.90 Å². The quantitative estimate of drug-likeness (QED) is 0.904. The number of anilines is 1. The highest BCUT2D eigenvalue weighted by molar-refractivity contribution is 5.46. The molecule has 0 aliphatic carbocycles. The predicted molar refractivity (Wildman–Crippen MR) is 70.2 cm³/mol. The molecule has 0 radical (unpaired) electrons. The van der Waals surface area contributed by atoms with Gasteiger partial charge in [-0.1, -0.05) is 6.92 Å². The summed E-state index contributed by atoms with van der Waals surface area (Å²) in [5.74, 6) is 0. The van der Waals surface area contributed by atoms with Crippen LogP contribution in [0.4, 0.5) is 18.9 Å². The van der Waals surface area contributed by atoms with E-state index in [1.807, 2.05) is 0 Å². The monoisotopic (exact) mass is 272 g/mol.